The van der Waals surface area contributed by atoms with Gasteiger partial charge in [-0.3, -0.25) is 10.2 Å². The van der Waals surface area contributed by atoms with Crippen LogP contribution in [0.4, 0.5) is 10.5 Å². The van der Waals surface area contributed by atoms with Gasteiger partial charge in [0.2, 0.25) is 0 Å². The highest BCUT2D eigenvalue weighted by atomic mass is 35.5. The van der Waals surface area contributed by atoms with E-state index in [0.717, 1.165) is 5.56 Å². The summed E-state index contributed by atoms with van der Waals surface area (Å²) in [5.41, 5.74) is 6.66. The molecule has 6 heteroatoms. The summed E-state index contributed by atoms with van der Waals surface area (Å²) < 4.78 is 0. The highest BCUT2D eigenvalue weighted by Gasteiger charge is 2.07. The summed E-state index contributed by atoms with van der Waals surface area (Å²) in [7, 11) is 0. The van der Waals surface area contributed by atoms with Crippen LogP contribution < -0.4 is 16.2 Å². The second-order valence-electron chi connectivity index (χ2n) is 4.41. The van der Waals surface area contributed by atoms with Gasteiger partial charge in [0.05, 0.1) is 0 Å². The molecule has 0 aliphatic heterocycles. The molecule has 0 fully saturated rings. The summed E-state index contributed by atoms with van der Waals surface area (Å²) in [6.45, 7) is 1.92. The Kier molecular flexibility index (Phi) is 4.79. The Morgan fingerprint density at radius 2 is 1.71 bits per heavy atom. The van der Waals surface area contributed by atoms with Crippen LogP contribution in [0.3, 0.4) is 0 Å². The third-order valence-corrected chi connectivity index (χ3v) is 2.92. The van der Waals surface area contributed by atoms with E-state index in [0.29, 0.717) is 16.3 Å². The minimum Gasteiger partial charge on any atom is -0.307 e. The maximum absolute atomic E-state index is 11.8. The fourth-order valence-corrected chi connectivity index (χ4v) is 1.80. The van der Waals surface area contributed by atoms with Crippen molar-refractivity contribution in [3.63, 3.8) is 0 Å². The second-order valence-corrected chi connectivity index (χ2v) is 4.85. The normalized spacial score (nSPS) is 9.81. The summed E-state index contributed by atoms with van der Waals surface area (Å²) in [4.78, 5) is 23.4. The number of hydrazine groups is 1. The number of rotatable bonds is 2. The fourth-order valence-electron chi connectivity index (χ4n) is 1.67. The van der Waals surface area contributed by atoms with Crippen molar-refractivity contribution in [1.29, 1.82) is 0 Å². The van der Waals surface area contributed by atoms with E-state index in [1.165, 1.54) is 0 Å². The van der Waals surface area contributed by atoms with Crippen molar-refractivity contribution >= 4 is 29.2 Å². The molecule has 21 heavy (non-hydrogen) atoms. The van der Waals surface area contributed by atoms with E-state index in [2.05, 4.69) is 16.2 Å². The first-order valence-electron chi connectivity index (χ1n) is 6.24. The number of halogens is 1. The molecule has 0 aliphatic rings. The molecule has 0 saturated carbocycles. The van der Waals surface area contributed by atoms with Crippen LogP contribution in [0.1, 0.15) is 15.9 Å². The smallest absolute Gasteiger partial charge is 0.307 e. The first-order valence-corrected chi connectivity index (χ1v) is 6.62. The van der Waals surface area contributed by atoms with Crippen LogP contribution in [-0.4, -0.2) is 11.9 Å². The predicted octanol–water partition coefficient (Wildman–Crippen LogP) is 3.11. The lowest BCUT2D eigenvalue weighted by molar-refractivity contribution is 0.0938. The Bertz CT molecular complexity index is 656. The van der Waals surface area contributed by atoms with E-state index in [1.54, 1.807) is 30.3 Å². The second kappa shape index (κ2) is 6.76. The van der Waals surface area contributed by atoms with E-state index in [4.69, 9.17) is 11.6 Å². The van der Waals surface area contributed by atoms with Gasteiger partial charge in [-0.1, -0.05) is 23.7 Å². The number of amides is 3. The van der Waals surface area contributed by atoms with Crippen molar-refractivity contribution < 1.29 is 9.59 Å². The van der Waals surface area contributed by atoms with Gasteiger partial charge in [0.15, 0.2) is 0 Å². The molecule has 2 rings (SSSR count). The maximum atomic E-state index is 11.8. The van der Waals surface area contributed by atoms with Gasteiger partial charge in [-0.2, -0.15) is 0 Å². The van der Waals surface area contributed by atoms with Crippen LogP contribution >= 0.6 is 11.6 Å². The zero-order valence-electron chi connectivity index (χ0n) is 11.3. The Labute approximate surface area is 127 Å². The largest absolute Gasteiger partial charge is 0.337 e. The standard InChI is InChI=1S/C15H14ClN3O2/c1-10-3-2-4-13(9-10)17-15(21)19-18-14(20)11-5-7-12(16)8-6-11/h2-9H,1H3,(H,18,20)(H2,17,19,21). The molecule has 0 aromatic heterocycles. The van der Waals surface area contributed by atoms with Crippen molar-refractivity contribution in [2.24, 2.45) is 0 Å². The number of aryl methyl sites for hydroxylation is 1. The summed E-state index contributed by atoms with van der Waals surface area (Å²) in [5.74, 6) is -0.425. The lowest BCUT2D eigenvalue weighted by Gasteiger charge is -2.09. The van der Waals surface area contributed by atoms with Gasteiger partial charge in [0.25, 0.3) is 5.91 Å². The number of hydrogen-bond acceptors (Lipinski definition) is 2. The summed E-state index contributed by atoms with van der Waals surface area (Å²) >= 11 is 5.74. The Morgan fingerprint density at radius 1 is 1.00 bits per heavy atom. The minimum atomic E-state index is -0.525. The zero-order valence-corrected chi connectivity index (χ0v) is 12.1. The van der Waals surface area contributed by atoms with E-state index in [9.17, 15) is 9.59 Å². The van der Waals surface area contributed by atoms with Crippen molar-refractivity contribution in [2.75, 3.05) is 5.32 Å². The van der Waals surface area contributed by atoms with Crippen molar-refractivity contribution in [3.8, 4) is 0 Å². The number of benzene rings is 2. The summed E-state index contributed by atoms with van der Waals surface area (Å²) in [6.07, 6.45) is 0. The molecule has 0 heterocycles. The van der Waals surface area contributed by atoms with Gasteiger partial charge >= 0.3 is 6.03 Å². The van der Waals surface area contributed by atoms with E-state index in [1.807, 2.05) is 25.1 Å². The van der Waals surface area contributed by atoms with Crippen LogP contribution in [0, 0.1) is 6.92 Å². The van der Waals surface area contributed by atoms with Crippen LogP contribution in [0.2, 0.25) is 5.02 Å². The predicted molar refractivity (Wildman–Crippen MR) is 82.3 cm³/mol. The van der Waals surface area contributed by atoms with Gasteiger partial charge in [-0.15, -0.1) is 0 Å². The molecule has 0 bridgehead atoms. The molecule has 5 nitrogen and oxygen atoms in total. The number of carbonyl (C=O) groups is 2. The van der Waals surface area contributed by atoms with Crippen molar-refractivity contribution in [3.05, 3.63) is 64.7 Å². The lowest BCUT2D eigenvalue weighted by atomic mass is 10.2. The van der Waals surface area contributed by atoms with Gasteiger partial charge < -0.3 is 5.32 Å². The number of anilines is 1. The molecule has 3 N–H and O–H groups in total. The number of hydrogen-bond donors (Lipinski definition) is 3. The quantitative estimate of drug-likeness (QED) is 0.746. The first kappa shape index (κ1) is 14.9. The van der Waals surface area contributed by atoms with Gasteiger partial charge in [0.1, 0.15) is 0 Å². The van der Waals surface area contributed by atoms with Crippen LogP contribution in [0.5, 0.6) is 0 Å². The molecule has 0 unspecified atom stereocenters. The third-order valence-electron chi connectivity index (χ3n) is 2.67. The Morgan fingerprint density at radius 3 is 2.38 bits per heavy atom. The molecule has 0 aliphatic carbocycles. The van der Waals surface area contributed by atoms with Gasteiger partial charge in [-0.25, -0.2) is 10.2 Å². The molecule has 108 valence electrons. The molecule has 3 amide bonds. The third kappa shape index (κ3) is 4.50. The minimum absolute atomic E-state index is 0.398. The first-order chi connectivity index (χ1) is 10.0. The zero-order chi connectivity index (χ0) is 15.2. The number of carbonyl (C=O) groups excluding carboxylic acids is 2. The Balaban J connectivity index is 1.86. The molecule has 2 aromatic rings. The van der Waals surface area contributed by atoms with Crippen molar-refractivity contribution in [2.45, 2.75) is 6.92 Å². The average molecular weight is 304 g/mol. The highest BCUT2D eigenvalue weighted by Crippen LogP contribution is 2.10. The molecular weight excluding hydrogens is 290 g/mol. The van der Waals surface area contributed by atoms with E-state index in [-0.39, 0.29) is 0 Å². The maximum Gasteiger partial charge on any atom is 0.337 e. The molecule has 2 aromatic carbocycles. The molecule has 0 saturated heterocycles. The SMILES string of the molecule is Cc1cccc(NC(=O)NNC(=O)c2ccc(Cl)cc2)c1. The number of nitrogens with one attached hydrogen (secondary N) is 3. The van der Waals surface area contributed by atoms with Crippen LogP contribution in [0.25, 0.3) is 0 Å². The topological polar surface area (TPSA) is 70.2 Å². The van der Waals surface area contributed by atoms with Gasteiger partial charge in [-0.05, 0) is 48.9 Å². The summed E-state index contributed by atoms with van der Waals surface area (Å²) in [5, 5.41) is 3.15. The molecular formula is C15H14ClN3O2. The molecule has 0 atom stereocenters. The van der Waals surface area contributed by atoms with Crippen LogP contribution in [0.15, 0.2) is 48.5 Å². The molecule has 0 spiro atoms. The number of urea groups is 1. The molecule has 0 radical (unpaired) electrons. The Hall–Kier alpha value is -2.53. The van der Waals surface area contributed by atoms with Gasteiger partial charge in [0, 0.05) is 16.3 Å². The van der Waals surface area contributed by atoms with Crippen LogP contribution in [-0.2, 0) is 0 Å². The van der Waals surface area contributed by atoms with E-state index >= 15 is 0 Å². The lowest BCUT2D eigenvalue weighted by Crippen LogP contribution is -2.43. The highest BCUT2D eigenvalue weighted by molar-refractivity contribution is 6.30. The average Bonchev–Trinajstić information content (AvgIpc) is 2.45. The monoisotopic (exact) mass is 303 g/mol. The fraction of sp³-hybridized carbons (Fsp3) is 0.0667. The summed E-state index contributed by atoms with van der Waals surface area (Å²) in [6, 6.07) is 13.1. The van der Waals surface area contributed by atoms with Crippen molar-refractivity contribution in [1.82, 2.24) is 10.9 Å². The van der Waals surface area contributed by atoms with E-state index < -0.39 is 11.9 Å².